The molecule has 0 aromatic carbocycles. The molecule has 1 aromatic rings. The monoisotopic (exact) mass is 209 g/mol. The fraction of sp³-hybridized carbons (Fsp3) is 0.750. The number of aryl methyl sites for hydroxylation is 2. The van der Waals surface area contributed by atoms with E-state index >= 15 is 0 Å². The molecule has 1 heterocycles. The van der Waals surface area contributed by atoms with Crippen LogP contribution in [-0.2, 0) is 6.54 Å². The van der Waals surface area contributed by atoms with Crippen LogP contribution in [0.3, 0.4) is 0 Å². The van der Waals surface area contributed by atoms with Crippen LogP contribution in [0, 0.1) is 13.8 Å². The van der Waals surface area contributed by atoms with Gasteiger partial charge in [-0.2, -0.15) is 5.10 Å². The van der Waals surface area contributed by atoms with Crippen LogP contribution in [0.15, 0.2) is 0 Å². The Morgan fingerprint density at radius 2 is 2.00 bits per heavy atom. The maximum absolute atomic E-state index is 6.08. The molecule has 3 nitrogen and oxygen atoms in total. The van der Waals surface area contributed by atoms with Crippen molar-refractivity contribution in [2.24, 2.45) is 5.73 Å². The lowest BCUT2D eigenvalue weighted by atomic mass is 10.0. The molecule has 0 spiro atoms. The average Bonchev–Trinajstić information content (AvgIpc) is 2.50. The quantitative estimate of drug-likeness (QED) is 0.810. The number of nitrogens with two attached hydrogens (primary N) is 1. The molecule has 0 aliphatic carbocycles. The van der Waals surface area contributed by atoms with E-state index in [9.17, 15) is 0 Å². The molecule has 0 aliphatic rings. The van der Waals surface area contributed by atoms with Gasteiger partial charge in [-0.1, -0.05) is 20.3 Å². The molecular formula is C12H23N3. The van der Waals surface area contributed by atoms with E-state index in [0.717, 1.165) is 18.7 Å². The molecule has 0 bridgehead atoms. The van der Waals surface area contributed by atoms with Crippen LogP contribution >= 0.6 is 0 Å². The van der Waals surface area contributed by atoms with Crippen molar-refractivity contribution >= 4 is 0 Å². The second-order valence-corrected chi connectivity index (χ2v) is 4.18. The van der Waals surface area contributed by atoms with Gasteiger partial charge in [0, 0.05) is 23.8 Å². The van der Waals surface area contributed by atoms with Crippen molar-refractivity contribution in [2.75, 3.05) is 0 Å². The summed E-state index contributed by atoms with van der Waals surface area (Å²) in [6.07, 6.45) is 3.36. The van der Waals surface area contributed by atoms with Crippen molar-refractivity contribution in [3.8, 4) is 0 Å². The van der Waals surface area contributed by atoms with E-state index in [4.69, 9.17) is 5.73 Å². The summed E-state index contributed by atoms with van der Waals surface area (Å²) in [5.74, 6) is 0. The molecule has 1 atom stereocenters. The molecular weight excluding hydrogens is 186 g/mol. The van der Waals surface area contributed by atoms with Gasteiger partial charge in [-0.25, -0.2) is 0 Å². The number of hydrogen-bond donors (Lipinski definition) is 1. The molecule has 1 rings (SSSR count). The van der Waals surface area contributed by atoms with Gasteiger partial charge in [0.25, 0.3) is 0 Å². The third-order valence-electron chi connectivity index (χ3n) is 2.97. The van der Waals surface area contributed by atoms with Gasteiger partial charge in [0.15, 0.2) is 0 Å². The van der Waals surface area contributed by atoms with Gasteiger partial charge in [0.2, 0.25) is 0 Å². The van der Waals surface area contributed by atoms with Crippen molar-refractivity contribution in [3.63, 3.8) is 0 Å². The lowest BCUT2D eigenvalue weighted by molar-refractivity contribution is 0.554. The van der Waals surface area contributed by atoms with E-state index in [1.54, 1.807) is 0 Å². The predicted molar refractivity (Wildman–Crippen MR) is 63.8 cm³/mol. The second kappa shape index (κ2) is 5.31. The molecule has 1 unspecified atom stereocenters. The third-order valence-corrected chi connectivity index (χ3v) is 2.97. The Kier molecular flexibility index (Phi) is 4.33. The van der Waals surface area contributed by atoms with Crippen LogP contribution < -0.4 is 5.73 Å². The molecule has 0 radical (unpaired) electrons. The van der Waals surface area contributed by atoms with Gasteiger partial charge in [-0.05, 0) is 26.7 Å². The first-order valence-corrected chi connectivity index (χ1v) is 5.91. The van der Waals surface area contributed by atoms with Crippen molar-refractivity contribution < 1.29 is 0 Å². The Morgan fingerprint density at radius 1 is 1.33 bits per heavy atom. The molecule has 1 aromatic heterocycles. The maximum Gasteiger partial charge on any atom is 0.0644 e. The van der Waals surface area contributed by atoms with Crippen LogP contribution in [0.1, 0.15) is 56.1 Å². The molecule has 3 heteroatoms. The first-order valence-electron chi connectivity index (χ1n) is 5.91. The summed E-state index contributed by atoms with van der Waals surface area (Å²) < 4.78 is 2.10. The van der Waals surface area contributed by atoms with E-state index in [1.165, 1.54) is 24.1 Å². The summed E-state index contributed by atoms with van der Waals surface area (Å²) in [6.45, 7) is 9.51. The van der Waals surface area contributed by atoms with E-state index < -0.39 is 0 Å². The predicted octanol–water partition coefficient (Wildman–Crippen LogP) is 2.71. The van der Waals surface area contributed by atoms with Crippen LogP contribution in [-0.4, -0.2) is 9.78 Å². The molecule has 0 amide bonds. The minimum Gasteiger partial charge on any atom is -0.324 e. The minimum atomic E-state index is 0.139. The van der Waals surface area contributed by atoms with E-state index in [-0.39, 0.29) is 6.04 Å². The highest BCUT2D eigenvalue weighted by molar-refractivity contribution is 5.27. The zero-order chi connectivity index (χ0) is 11.4. The first kappa shape index (κ1) is 12.2. The van der Waals surface area contributed by atoms with Gasteiger partial charge in [0.05, 0.1) is 5.69 Å². The number of rotatable bonds is 5. The summed E-state index contributed by atoms with van der Waals surface area (Å²) in [7, 11) is 0. The summed E-state index contributed by atoms with van der Waals surface area (Å²) >= 11 is 0. The standard InChI is InChI=1S/C12H23N3/c1-5-7-8-15-10(4)12(9(3)14-15)11(13)6-2/h11H,5-8,13H2,1-4H3. The van der Waals surface area contributed by atoms with Crippen molar-refractivity contribution in [1.29, 1.82) is 0 Å². The van der Waals surface area contributed by atoms with Gasteiger partial charge in [-0.15, -0.1) is 0 Å². The van der Waals surface area contributed by atoms with Gasteiger partial charge >= 0.3 is 0 Å². The van der Waals surface area contributed by atoms with E-state index in [2.05, 4.69) is 37.5 Å². The first-order chi connectivity index (χ1) is 7.11. The zero-order valence-corrected chi connectivity index (χ0v) is 10.4. The lowest BCUT2D eigenvalue weighted by Crippen LogP contribution is -2.11. The fourth-order valence-corrected chi connectivity index (χ4v) is 1.98. The number of nitrogens with zero attached hydrogens (tertiary/aromatic N) is 2. The van der Waals surface area contributed by atoms with Crippen molar-refractivity contribution in [2.45, 2.75) is 59.5 Å². The highest BCUT2D eigenvalue weighted by atomic mass is 15.3. The molecule has 0 saturated carbocycles. The summed E-state index contributed by atoms with van der Waals surface area (Å²) in [5.41, 5.74) is 9.67. The van der Waals surface area contributed by atoms with Crippen molar-refractivity contribution in [1.82, 2.24) is 9.78 Å². The van der Waals surface area contributed by atoms with Crippen LogP contribution in [0.5, 0.6) is 0 Å². The van der Waals surface area contributed by atoms with Crippen LogP contribution in [0.2, 0.25) is 0 Å². The van der Waals surface area contributed by atoms with E-state index in [0.29, 0.717) is 0 Å². The second-order valence-electron chi connectivity index (χ2n) is 4.18. The molecule has 2 N–H and O–H groups in total. The largest absolute Gasteiger partial charge is 0.324 e. The Balaban J connectivity index is 2.93. The third kappa shape index (κ3) is 2.59. The highest BCUT2D eigenvalue weighted by Crippen LogP contribution is 2.22. The number of aromatic nitrogens is 2. The van der Waals surface area contributed by atoms with Gasteiger partial charge in [0.1, 0.15) is 0 Å². The van der Waals surface area contributed by atoms with Crippen LogP contribution in [0.25, 0.3) is 0 Å². The molecule has 0 aliphatic heterocycles. The Labute approximate surface area is 92.7 Å². The van der Waals surface area contributed by atoms with Crippen molar-refractivity contribution in [3.05, 3.63) is 17.0 Å². The SMILES string of the molecule is CCCCn1nc(C)c(C(N)CC)c1C. The Hall–Kier alpha value is -0.830. The fourth-order valence-electron chi connectivity index (χ4n) is 1.98. The normalized spacial score (nSPS) is 13.1. The highest BCUT2D eigenvalue weighted by Gasteiger charge is 2.15. The van der Waals surface area contributed by atoms with Gasteiger partial charge < -0.3 is 5.73 Å². The summed E-state index contributed by atoms with van der Waals surface area (Å²) in [4.78, 5) is 0. The summed E-state index contributed by atoms with van der Waals surface area (Å²) in [5, 5.41) is 4.55. The maximum atomic E-state index is 6.08. The zero-order valence-electron chi connectivity index (χ0n) is 10.4. The number of unbranched alkanes of at least 4 members (excludes halogenated alkanes) is 1. The Bertz CT molecular complexity index is 315. The minimum absolute atomic E-state index is 0.139. The van der Waals surface area contributed by atoms with Gasteiger partial charge in [-0.3, -0.25) is 4.68 Å². The average molecular weight is 209 g/mol. The van der Waals surface area contributed by atoms with Crippen LogP contribution in [0.4, 0.5) is 0 Å². The van der Waals surface area contributed by atoms with E-state index in [1.807, 2.05) is 0 Å². The Morgan fingerprint density at radius 3 is 2.53 bits per heavy atom. The number of hydrogen-bond acceptors (Lipinski definition) is 2. The lowest BCUT2D eigenvalue weighted by Gasteiger charge is -2.09. The smallest absolute Gasteiger partial charge is 0.0644 e. The molecule has 0 fully saturated rings. The molecule has 0 saturated heterocycles. The molecule has 86 valence electrons. The summed E-state index contributed by atoms with van der Waals surface area (Å²) in [6, 6.07) is 0.139. The molecule has 15 heavy (non-hydrogen) atoms. The topological polar surface area (TPSA) is 43.8 Å².